The van der Waals surface area contributed by atoms with Crippen molar-refractivity contribution in [2.24, 2.45) is 11.7 Å². The van der Waals surface area contributed by atoms with E-state index in [1.807, 2.05) is 0 Å². The Hall–Kier alpha value is -0.710. The normalized spacial score (nSPS) is 36.2. The number of pyridine rings is 1. The van der Waals surface area contributed by atoms with Crippen molar-refractivity contribution >= 4 is 11.6 Å². The summed E-state index contributed by atoms with van der Waals surface area (Å²) in [5.74, 6) is 0.143. The van der Waals surface area contributed by atoms with Gasteiger partial charge in [-0.1, -0.05) is 11.6 Å². The van der Waals surface area contributed by atoms with Crippen molar-refractivity contribution in [1.29, 1.82) is 0 Å². The molecule has 1 aliphatic heterocycles. The summed E-state index contributed by atoms with van der Waals surface area (Å²) in [4.78, 5) is 3.77. The fourth-order valence-corrected chi connectivity index (χ4v) is 3.52. The van der Waals surface area contributed by atoms with Crippen molar-refractivity contribution in [3.63, 3.8) is 0 Å². The number of nitrogens with one attached hydrogen (secondary N) is 1. The molecule has 1 aliphatic carbocycles. The van der Waals surface area contributed by atoms with Gasteiger partial charge in [-0.2, -0.15) is 0 Å². The predicted octanol–water partition coefficient (Wildman–Crippen LogP) is 1.45. The molecule has 0 amide bonds. The van der Waals surface area contributed by atoms with Crippen LogP contribution in [-0.4, -0.2) is 24.1 Å². The first-order chi connectivity index (χ1) is 8.13. The van der Waals surface area contributed by atoms with Crippen LogP contribution in [0.1, 0.15) is 18.4 Å². The maximum atomic E-state index is 14.0. The van der Waals surface area contributed by atoms with Crippen molar-refractivity contribution in [3.8, 4) is 0 Å². The fourth-order valence-electron chi connectivity index (χ4n) is 3.36. The second-order valence-corrected chi connectivity index (χ2v) is 5.49. The highest BCUT2D eigenvalue weighted by molar-refractivity contribution is 6.29. The number of halogens is 2. The topological polar surface area (TPSA) is 50.9 Å². The van der Waals surface area contributed by atoms with Crippen LogP contribution in [-0.2, 0) is 5.41 Å². The number of aromatic nitrogens is 1. The Morgan fingerprint density at radius 1 is 1.59 bits per heavy atom. The van der Waals surface area contributed by atoms with Crippen molar-refractivity contribution in [2.45, 2.75) is 24.3 Å². The molecular weight excluding hydrogens is 241 g/mol. The number of piperidine rings is 1. The molecule has 5 heteroatoms. The Morgan fingerprint density at radius 3 is 3.24 bits per heavy atom. The van der Waals surface area contributed by atoms with E-state index in [1.165, 1.54) is 6.20 Å². The number of rotatable bonds is 1. The summed E-state index contributed by atoms with van der Waals surface area (Å²) in [5.41, 5.74) is 6.62. The largest absolute Gasteiger partial charge is 0.327 e. The Morgan fingerprint density at radius 2 is 2.41 bits per heavy atom. The molecular formula is C12H15ClFN3. The van der Waals surface area contributed by atoms with E-state index in [0.717, 1.165) is 25.9 Å². The highest BCUT2D eigenvalue weighted by atomic mass is 35.5. The van der Waals surface area contributed by atoms with Gasteiger partial charge in [0, 0.05) is 23.6 Å². The summed E-state index contributed by atoms with van der Waals surface area (Å²) >= 11 is 5.88. The molecule has 3 rings (SSSR count). The van der Waals surface area contributed by atoms with Gasteiger partial charge in [0.2, 0.25) is 0 Å². The van der Waals surface area contributed by atoms with Crippen LogP contribution in [0.3, 0.4) is 0 Å². The Kier molecular flexibility index (Phi) is 2.61. The first kappa shape index (κ1) is 11.4. The van der Waals surface area contributed by atoms with Gasteiger partial charge in [0.05, 0.1) is 6.20 Å². The predicted molar refractivity (Wildman–Crippen MR) is 64.5 cm³/mol. The van der Waals surface area contributed by atoms with Gasteiger partial charge < -0.3 is 11.1 Å². The van der Waals surface area contributed by atoms with Crippen LogP contribution in [0.5, 0.6) is 0 Å². The minimum Gasteiger partial charge on any atom is -0.327 e. The molecule has 3 N–H and O–H groups in total. The lowest BCUT2D eigenvalue weighted by atomic mass is 9.73. The van der Waals surface area contributed by atoms with Gasteiger partial charge in [0.15, 0.2) is 0 Å². The number of hydrogen-bond donors (Lipinski definition) is 2. The van der Waals surface area contributed by atoms with Crippen LogP contribution in [0.15, 0.2) is 12.3 Å². The van der Waals surface area contributed by atoms with Crippen LogP contribution in [0.2, 0.25) is 5.15 Å². The number of hydrogen-bond acceptors (Lipinski definition) is 3. The fraction of sp³-hybridized carbons (Fsp3) is 0.583. The molecule has 0 aromatic carbocycles. The van der Waals surface area contributed by atoms with Crippen LogP contribution in [0, 0.1) is 11.7 Å². The van der Waals surface area contributed by atoms with E-state index < -0.39 is 0 Å². The monoisotopic (exact) mass is 255 g/mol. The zero-order chi connectivity index (χ0) is 12.0. The molecule has 1 saturated carbocycles. The van der Waals surface area contributed by atoms with Crippen LogP contribution >= 0.6 is 11.6 Å². The molecule has 3 atom stereocenters. The summed E-state index contributed by atoms with van der Waals surface area (Å²) < 4.78 is 14.0. The van der Waals surface area contributed by atoms with Gasteiger partial charge in [0.25, 0.3) is 0 Å². The van der Waals surface area contributed by atoms with Crippen molar-refractivity contribution in [2.75, 3.05) is 13.1 Å². The standard InChI is InChI=1S/C12H15ClFN3/c13-10-3-8(9(14)5-17-10)12-2-1-7(11(12)15)4-16-6-12/h3,5,7,11,16H,1-2,4,6,15H2. The molecule has 17 heavy (non-hydrogen) atoms. The van der Waals surface area contributed by atoms with E-state index in [-0.39, 0.29) is 17.3 Å². The number of nitrogens with two attached hydrogens (primary N) is 1. The summed E-state index contributed by atoms with van der Waals surface area (Å²) in [6.45, 7) is 1.66. The molecule has 0 spiro atoms. The Labute approximate surface area is 105 Å². The van der Waals surface area contributed by atoms with Crippen LogP contribution in [0.25, 0.3) is 0 Å². The van der Waals surface area contributed by atoms with Gasteiger partial charge in [-0.15, -0.1) is 0 Å². The lowest BCUT2D eigenvalue weighted by Gasteiger charge is -2.40. The molecule has 2 aliphatic rings. The summed E-state index contributed by atoms with van der Waals surface area (Å²) in [7, 11) is 0. The molecule has 1 aromatic heterocycles. The van der Waals surface area contributed by atoms with Crippen molar-refractivity contribution in [1.82, 2.24) is 10.3 Å². The minimum atomic E-state index is -0.306. The van der Waals surface area contributed by atoms with E-state index in [1.54, 1.807) is 6.07 Å². The second-order valence-electron chi connectivity index (χ2n) is 5.10. The van der Waals surface area contributed by atoms with Crippen molar-refractivity contribution in [3.05, 3.63) is 28.8 Å². The molecule has 2 bridgehead atoms. The van der Waals surface area contributed by atoms with E-state index in [4.69, 9.17) is 17.3 Å². The SMILES string of the molecule is NC1C2CCC1(c1cc(Cl)ncc1F)CNC2. The molecule has 2 heterocycles. The van der Waals surface area contributed by atoms with E-state index in [2.05, 4.69) is 10.3 Å². The third kappa shape index (κ3) is 1.58. The summed E-state index contributed by atoms with van der Waals surface area (Å²) in [6.07, 6.45) is 3.16. The maximum Gasteiger partial charge on any atom is 0.145 e. The van der Waals surface area contributed by atoms with Crippen LogP contribution < -0.4 is 11.1 Å². The summed E-state index contributed by atoms with van der Waals surface area (Å²) in [5, 5.41) is 3.68. The van der Waals surface area contributed by atoms with Gasteiger partial charge in [-0.3, -0.25) is 0 Å². The number of nitrogens with zero attached hydrogens (tertiary/aromatic N) is 1. The van der Waals surface area contributed by atoms with Crippen LogP contribution in [0.4, 0.5) is 4.39 Å². The summed E-state index contributed by atoms with van der Waals surface area (Å²) in [6, 6.07) is 1.64. The lowest BCUT2D eigenvalue weighted by molar-refractivity contribution is 0.269. The highest BCUT2D eigenvalue weighted by Gasteiger charge is 2.51. The van der Waals surface area contributed by atoms with E-state index >= 15 is 0 Å². The minimum absolute atomic E-state index is 0.0108. The molecule has 3 unspecified atom stereocenters. The molecule has 2 fully saturated rings. The van der Waals surface area contributed by atoms with E-state index in [9.17, 15) is 4.39 Å². The average Bonchev–Trinajstić information content (AvgIpc) is 2.53. The Bertz CT molecular complexity index is 449. The first-order valence-electron chi connectivity index (χ1n) is 5.91. The molecule has 3 nitrogen and oxygen atoms in total. The Balaban J connectivity index is 2.10. The molecule has 1 aromatic rings. The number of fused-ring (bicyclic) bond motifs is 2. The highest BCUT2D eigenvalue weighted by Crippen LogP contribution is 2.46. The molecule has 92 valence electrons. The third-order valence-electron chi connectivity index (χ3n) is 4.31. The van der Waals surface area contributed by atoms with Gasteiger partial charge in [0.1, 0.15) is 11.0 Å². The average molecular weight is 256 g/mol. The van der Waals surface area contributed by atoms with E-state index in [0.29, 0.717) is 16.6 Å². The maximum absolute atomic E-state index is 14.0. The van der Waals surface area contributed by atoms with Crippen molar-refractivity contribution < 1.29 is 4.39 Å². The lowest BCUT2D eigenvalue weighted by Crippen LogP contribution is -2.57. The van der Waals surface area contributed by atoms with Gasteiger partial charge in [-0.25, -0.2) is 9.37 Å². The first-order valence-corrected chi connectivity index (χ1v) is 6.29. The quantitative estimate of drug-likeness (QED) is 0.747. The zero-order valence-corrected chi connectivity index (χ0v) is 10.2. The third-order valence-corrected chi connectivity index (χ3v) is 4.52. The van der Waals surface area contributed by atoms with Gasteiger partial charge >= 0.3 is 0 Å². The second kappa shape index (κ2) is 3.90. The smallest absolute Gasteiger partial charge is 0.145 e. The van der Waals surface area contributed by atoms with Gasteiger partial charge in [-0.05, 0) is 31.4 Å². The zero-order valence-electron chi connectivity index (χ0n) is 9.42. The molecule has 0 radical (unpaired) electrons. The molecule has 1 saturated heterocycles.